The minimum atomic E-state index is -1.13. The van der Waals surface area contributed by atoms with Gasteiger partial charge in [0, 0.05) is 12.6 Å². The number of nitrogens with one attached hydrogen (secondary N) is 3. The van der Waals surface area contributed by atoms with Crippen LogP contribution in [0, 0.1) is 0 Å². The number of ether oxygens (including phenoxy) is 1. The molecule has 3 rings (SSSR count). The first-order chi connectivity index (χ1) is 15.9. The van der Waals surface area contributed by atoms with Crippen molar-refractivity contribution in [3.05, 3.63) is 12.7 Å². The molecule has 2 aromatic heterocycles. The molecule has 0 spiro atoms. The van der Waals surface area contributed by atoms with E-state index in [9.17, 15) is 14.7 Å². The van der Waals surface area contributed by atoms with Crippen LogP contribution in [0.2, 0.25) is 0 Å². The van der Waals surface area contributed by atoms with Gasteiger partial charge in [-0.2, -0.15) is 4.98 Å². The molecule has 1 aliphatic carbocycles. The second kappa shape index (κ2) is 11.8. The first kappa shape index (κ1) is 24.0. The van der Waals surface area contributed by atoms with Gasteiger partial charge in [0.25, 0.3) is 0 Å². The van der Waals surface area contributed by atoms with Crippen molar-refractivity contribution in [1.29, 1.82) is 0 Å². The van der Waals surface area contributed by atoms with Crippen molar-refractivity contribution >= 4 is 35.0 Å². The Morgan fingerprint density at radius 2 is 2.09 bits per heavy atom. The van der Waals surface area contributed by atoms with Gasteiger partial charge in [-0.3, -0.25) is 9.98 Å². The lowest BCUT2D eigenvalue weighted by Crippen LogP contribution is -2.41. The summed E-state index contributed by atoms with van der Waals surface area (Å²) in [5, 5.41) is 15.0. The maximum atomic E-state index is 11.9. The summed E-state index contributed by atoms with van der Waals surface area (Å²) >= 11 is 0. The Balaban J connectivity index is 1.33. The minimum Gasteiger partial charge on any atom is -0.480 e. The lowest BCUT2D eigenvalue weighted by Gasteiger charge is -2.14. The Bertz CT molecular complexity index is 970. The molecule has 0 aromatic carbocycles. The number of alkyl carbamates (subject to hydrolysis) is 1. The van der Waals surface area contributed by atoms with Crippen molar-refractivity contribution in [3.8, 4) is 0 Å². The second-order valence-corrected chi connectivity index (χ2v) is 7.99. The molecule has 13 nitrogen and oxygen atoms in total. The fraction of sp³-hybridized carbons (Fsp3) is 0.600. The maximum Gasteiger partial charge on any atom is 0.407 e. The predicted molar refractivity (Wildman–Crippen MR) is 120 cm³/mol. The number of nitrogens with zero attached hydrogens (tertiary/aromatic N) is 4. The highest BCUT2D eigenvalue weighted by Gasteiger charge is 2.25. The molecule has 0 saturated heterocycles. The van der Waals surface area contributed by atoms with Gasteiger partial charge in [0.05, 0.1) is 13.2 Å². The number of aliphatic carboxylic acids is 1. The van der Waals surface area contributed by atoms with Crippen molar-refractivity contribution in [1.82, 2.24) is 20.3 Å². The summed E-state index contributed by atoms with van der Waals surface area (Å²) in [6.45, 7) is 1.27. The number of guanidine groups is 1. The first-order valence-corrected chi connectivity index (χ1v) is 11.1. The van der Waals surface area contributed by atoms with Gasteiger partial charge in [-0.25, -0.2) is 14.2 Å². The normalized spacial score (nSPS) is 13.9. The number of aromatic amines is 1. The molecule has 1 fully saturated rings. The Morgan fingerprint density at radius 1 is 1.27 bits per heavy atom. The summed E-state index contributed by atoms with van der Waals surface area (Å²) in [6.07, 6.45) is 8.05. The number of carboxylic acids is 1. The third kappa shape index (κ3) is 7.77. The van der Waals surface area contributed by atoms with E-state index >= 15 is 0 Å². The number of unbranched alkanes of at least 4 members (excludes halogenated alkanes) is 2. The molecular formula is C20H32N9O4+. The maximum absolute atomic E-state index is 11.9. The van der Waals surface area contributed by atoms with Crippen molar-refractivity contribution in [2.75, 3.05) is 18.5 Å². The molecular weight excluding hydrogens is 430 g/mol. The van der Waals surface area contributed by atoms with E-state index in [2.05, 4.69) is 30.6 Å². The van der Waals surface area contributed by atoms with Gasteiger partial charge in [-0.1, -0.05) is 4.98 Å². The zero-order valence-electron chi connectivity index (χ0n) is 18.5. The predicted octanol–water partition coefficient (Wildman–Crippen LogP) is 0.223. The smallest absolute Gasteiger partial charge is 0.407 e. The number of carboxylic acid groups (broad SMARTS) is 1. The summed E-state index contributed by atoms with van der Waals surface area (Å²) in [4.78, 5) is 38.9. The third-order valence-corrected chi connectivity index (χ3v) is 5.19. The third-order valence-electron chi connectivity index (χ3n) is 5.19. The van der Waals surface area contributed by atoms with E-state index in [1.54, 1.807) is 6.33 Å². The molecule has 13 heteroatoms. The highest BCUT2D eigenvalue weighted by molar-refractivity contribution is 5.80. The molecule has 0 unspecified atom stereocenters. The first-order valence-electron chi connectivity index (χ1n) is 11.1. The van der Waals surface area contributed by atoms with Crippen LogP contribution in [0.15, 0.2) is 17.6 Å². The molecule has 1 saturated carbocycles. The van der Waals surface area contributed by atoms with Gasteiger partial charge in [0.1, 0.15) is 6.04 Å². The average molecular weight is 463 g/mol. The monoisotopic (exact) mass is 462 g/mol. The van der Waals surface area contributed by atoms with Crippen molar-refractivity contribution in [2.24, 2.45) is 16.5 Å². The van der Waals surface area contributed by atoms with Crippen LogP contribution >= 0.6 is 0 Å². The summed E-state index contributed by atoms with van der Waals surface area (Å²) in [6, 6.07) is -0.543. The van der Waals surface area contributed by atoms with Gasteiger partial charge < -0.3 is 31.9 Å². The summed E-state index contributed by atoms with van der Waals surface area (Å²) in [5.41, 5.74) is 12.2. The Hall–Kier alpha value is -3.64. The number of aryl methyl sites for hydroxylation is 1. The number of rotatable bonds is 14. The zero-order chi connectivity index (χ0) is 23.6. The van der Waals surface area contributed by atoms with Crippen LogP contribution < -0.4 is 26.7 Å². The van der Waals surface area contributed by atoms with Crippen molar-refractivity contribution in [3.63, 3.8) is 0 Å². The molecule has 0 bridgehead atoms. The van der Waals surface area contributed by atoms with E-state index in [0.29, 0.717) is 25.4 Å². The van der Waals surface area contributed by atoms with Crippen LogP contribution in [0.25, 0.3) is 11.2 Å². The standard InChI is InChI=1S/C20H31N9O4/c21-19(22)23-8-4-5-14(18(30)31)28-20(32)33-10-3-1-2-9-29-12-26-15-16(27-13-6-7-13)24-11-25-17(15)29/h11-14H,1-10H2,(H7,21,22,23,24,25,27,28,30,31,32)/p+1/t14-/m0/s1. The molecule has 33 heavy (non-hydrogen) atoms. The number of hydrogen-bond donors (Lipinski definition) is 6. The number of hydrogen-bond acceptors (Lipinski definition) is 7. The number of amides is 1. The fourth-order valence-corrected chi connectivity index (χ4v) is 3.30. The molecule has 0 aliphatic heterocycles. The van der Waals surface area contributed by atoms with Crippen LogP contribution in [0.5, 0.6) is 0 Å². The molecule has 1 amide bonds. The lowest BCUT2D eigenvalue weighted by atomic mass is 10.1. The molecule has 0 radical (unpaired) electrons. The summed E-state index contributed by atoms with van der Waals surface area (Å²) in [5.74, 6) is -0.357. The van der Waals surface area contributed by atoms with Crippen LogP contribution in [0.1, 0.15) is 44.9 Å². The van der Waals surface area contributed by atoms with Gasteiger partial charge in [0.2, 0.25) is 5.52 Å². The van der Waals surface area contributed by atoms with Crippen LogP contribution in [-0.4, -0.2) is 63.3 Å². The highest BCUT2D eigenvalue weighted by Crippen LogP contribution is 2.25. The zero-order valence-corrected chi connectivity index (χ0v) is 18.5. The average Bonchev–Trinajstić information content (AvgIpc) is 3.49. The van der Waals surface area contributed by atoms with Crippen LogP contribution in [0.3, 0.4) is 0 Å². The van der Waals surface area contributed by atoms with E-state index in [4.69, 9.17) is 16.2 Å². The molecule has 180 valence electrons. The number of carbonyl (C=O) groups excluding carboxylic acids is 1. The van der Waals surface area contributed by atoms with E-state index in [0.717, 1.165) is 36.4 Å². The number of fused-ring (bicyclic) bond motifs is 1. The van der Waals surface area contributed by atoms with Crippen molar-refractivity contribution < 1.29 is 24.0 Å². The number of aromatic nitrogens is 4. The quantitative estimate of drug-likeness (QED) is 0.0984. The van der Waals surface area contributed by atoms with E-state index in [1.807, 2.05) is 10.9 Å². The summed E-state index contributed by atoms with van der Waals surface area (Å²) < 4.78 is 7.15. The number of anilines is 1. The number of aliphatic imine (C=N–C) groups is 1. The topological polar surface area (TPSA) is 198 Å². The Morgan fingerprint density at radius 3 is 2.82 bits per heavy atom. The molecule has 8 N–H and O–H groups in total. The lowest BCUT2D eigenvalue weighted by molar-refractivity contribution is -0.673. The Labute approximate surface area is 191 Å². The second-order valence-electron chi connectivity index (χ2n) is 7.99. The van der Waals surface area contributed by atoms with E-state index < -0.39 is 18.1 Å². The number of H-pyrrole nitrogens is 1. The number of nitrogens with two attached hydrogens (primary N) is 2. The fourth-order valence-electron chi connectivity index (χ4n) is 3.30. The highest BCUT2D eigenvalue weighted by atomic mass is 16.5. The van der Waals surface area contributed by atoms with Gasteiger partial charge in [-0.15, -0.1) is 0 Å². The SMILES string of the molecule is NC(N)=NCCC[C@H](NC(=O)OCCCCC[n+]1c[nH]c2c(NC3CC3)ncnc21)C(=O)O. The van der Waals surface area contributed by atoms with Crippen molar-refractivity contribution in [2.45, 2.75) is 63.6 Å². The van der Waals surface area contributed by atoms with Gasteiger partial charge >= 0.3 is 17.7 Å². The van der Waals surface area contributed by atoms with Crippen LogP contribution in [-0.2, 0) is 16.1 Å². The largest absolute Gasteiger partial charge is 0.480 e. The van der Waals surface area contributed by atoms with Crippen LogP contribution in [0.4, 0.5) is 10.6 Å². The Kier molecular flexibility index (Phi) is 8.61. The molecule has 2 heterocycles. The molecule has 1 atom stereocenters. The van der Waals surface area contributed by atoms with E-state index in [-0.39, 0.29) is 19.0 Å². The van der Waals surface area contributed by atoms with Gasteiger partial charge in [0.15, 0.2) is 24.4 Å². The van der Waals surface area contributed by atoms with E-state index in [1.165, 1.54) is 12.8 Å². The number of carbonyl (C=O) groups is 2. The number of imidazole rings is 1. The summed E-state index contributed by atoms with van der Waals surface area (Å²) in [7, 11) is 0. The minimum absolute atomic E-state index is 0.0547. The van der Waals surface area contributed by atoms with Gasteiger partial charge in [-0.05, 0) is 44.9 Å². The molecule has 1 aliphatic rings. The molecule has 2 aromatic rings.